The molecule has 1 aromatic heterocycles. The zero-order valence-corrected chi connectivity index (χ0v) is 19.9. The number of hydrogen-bond acceptors (Lipinski definition) is 3. The van der Waals surface area contributed by atoms with Crippen molar-refractivity contribution in [2.24, 2.45) is 0 Å². The molecular weight excluding hydrogens is 507 g/mol. The first-order valence-electron chi connectivity index (χ1n) is 9.85. The van der Waals surface area contributed by atoms with Gasteiger partial charge in [-0.05, 0) is 54.1 Å². The number of anilines is 1. The highest BCUT2D eigenvalue weighted by atomic mass is 79.9. The molecule has 1 saturated heterocycles. The van der Waals surface area contributed by atoms with E-state index in [0.29, 0.717) is 15.8 Å². The average Bonchev–Trinajstić information content (AvgIpc) is 3.26. The molecule has 0 bridgehead atoms. The molecule has 0 atom stereocenters. The van der Waals surface area contributed by atoms with E-state index in [-0.39, 0.29) is 11.7 Å². The van der Waals surface area contributed by atoms with E-state index in [1.54, 1.807) is 17.0 Å². The normalized spacial score (nSPS) is 15.3. The van der Waals surface area contributed by atoms with Gasteiger partial charge in [-0.2, -0.15) is 0 Å². The van der Waals surface area contributed by atoms with Crippen molar-refractivity contribution in [1.29, 1.82) is 0 Å². The third-order valence-corrected chi connectivity index (χ3v) is 7.03. The van der Waals surface area contributed by atoms with Crippen LogP contribution in [0.5, 0.6) is 0 Å². The van der Waals surface area contributed by atoms with Crippen molar-refractivity contribution < 1.29 is 9.18 Å². The van der Waals surface area contributed by atoms with Gasteiger partial charge in [0.1, 0.15) is 5.82 Å². The maximum Gasteiger partial charge on any atom is 0.270 e. The Balaban J connectivity index is 1.55. The van der Waals surface area contributed by atoms with Crippen LogP contribution in [-0.4, -0.2) is 14.8 Å². The van der Waals surface area contributed by atoms with Crippen molar-refractivity contribution >= 4 is 72.8 Å². The lowest BCUT2D eigenvalue weighted by Crippen LogP contribution is -2.27. The number of amides is 1. The van der Waals surface area contributed by atoms with E-state index in [4.69, 9.17) is 12.2 Å². The predicted molar refractivity (Wildman–Crippen MR) is 137 cm³/mol. The Morgan fingerprint density at radius 1 is 1.03 bits per heavy atom. The molecule has 0 N–H and O–H groups in total. The molecule has 158 valence electrons. The summed E-state index contributed by atoms with van der Waals surface area (Å²) in [7, 11) is 0. The standard InChI is InChI=1S/C25H16BrFN2OS2/c26-18-8-11-22-21(13-18)17(15-28(22)14-16-6-9-19(27)10-7-16)12-23-24(30)29(25(31)32-23)20-4-2-1-3-5-20/h1-13,15H,14H2/b23-12-. The van der Waals surface area contributed by atoms with E-state index in [1.807, 2.05) is 60.8 Å². The van der Waals surface area contributed by atoms with Gasteiger partial charge in [-0.1, -0.05) is 70.2 Å². The summed E-state index contributed by atoms with van der Waals surface area (Å²) in [6.45, 7) is 0.594. The number of carbonyl (C=O) groups excluding carboxylic acids is 1. The number of halogens is 2. The Morgan fingerprint density at radius 2 is 1.78 bits per heavy atom. The maximum absolute atomic E-state index is 13.3. The summed E-state index contributed by atoms with van der Waals surface area (Å²) in [5.74, 6) is -0.378. The van der Waals surface area contributed by atoms with Crippen molar-refractivity contribution in [2.75, 3.05) is 4.90 Å². The molecule has 1 fully saturated rings. The highest BCUT2D eigenvalue weighted by Gasteiger charge is 2.33. The number of rotatable bonds is 4. The molecule has 1 amide bonds. The van der Waals surface area contributed by atoms with E-state index in [2.05, 4.69) is 20.5 Å². The van der Waals surface area contributed by atoms with Gasteiger partial charge in [-0.15, -0.1) is 0 Å². The van der Waals surface area contributed by atoms with Crippen LogP contribution in [0, 0.1) is 5.82 Å². The maximum atomic E-state index is 13.3. The van der Waals surface area contributed by atoms with Crippen LogP contribution in [0.25, 0.3) is 17.0 Å². The van der Waals surface area contributed by atoms with Crippen LogP contribution in [0.15, 0.2) is 88.4 Å². The van der Waals surface area contributed by atoms with Gasteiger partial charge >= 0.3 is 0 Å². The highest BCUT2D eigenvalue weighted by Crippen LogP contribution is 2.37. The number of fused-ring (bicyclic) bond motifs is 1. The molecule has 0 saturated carbocycles. The quantitative estimate of drug-likeness (QED) is 0.213. The van der Waals surface area contributed by atoms with E-state index >= 15 is 0 Å². The van der Waals surface area contributed by atoms with Crippen LogP contribution < -0.4 is 4.90 Å². The summed E-state index contributed by atoms with van der Waals surface area (Å²) in [5, 5.41) is 1.02. The van der Waals surface area contributed by atoms with Crippen molar-refractivity contribution in [3.63, 3.8) is 0 Å². The van der Waals surface area contributed by atoms with Gasteiger partial charge in [0.2, 0.25) is 0 Å². The minimum atomic E-state index is -0.254. The summed E-state index contributed by atoms with van der Waals surface area (Å²) in [5.41, 5.74) is 3.72. The smallest absolute Gasteiger partial charge is 0.270 e. The number of nitrogens with zero attached hydrogens (tertiary/aromatic N) is 2. The van der Waals surface area contributed by atoms with Crippen LogP contribution >= 0.6 is 39.9 Å². The van der Waals surface area contributed by atoms with Crippen molar-refractivity contribution in [2.45, 2.75) is 6.54 Å². The third kappa shape index (κ3) is 4.03. The highest BCUT2D eigenvalue weighted by molar-refractivity contribution is 9.10. The fraction of sp³-hybridized carbons (Fsp3) is 0.0400. The minimum absolute atomic E-state index is 0.124. The number of aromatic nitrogens is 1. The summed E-state index contributed by atoms with van der Waals surface area (Å²) in [6, 6.07) is 22.0. The summed E-state index contributed by atoms with van der Waals surface area (Å²) in [6.07, 6.45) is 3.92. The lowest BCUT2D eigenvalue weighted by molar-refractivity contribution is -0.113. The van der Waals surface area contributed by atoms with Gasteiger partial charge in [0.05, 0.1) is 10.6 Å². The molecule has 1 aliphatic rings. The fourth-order valence-electron chi connectivity index (χ4n) is 3.74. The van der Waals surface area contributed by atoms with Gasteiger partial charge in [-0.25, -0.2) is 4.39 Å². The van der Waals surface area contributed by atoms with Crippen molar-refractivity contribution in [1.82, 2.24) is 4.57 Å². The molecule has 7 heteroatoms. The molecule has 1 aliphatic heterocycles. The second-order valence-electron chi connectivity index (χ2n) is 7.35. The predicted octanol–water partition coefficient (Wildman–Crippen LogP) is 7.00. The Hall–Kier alpha value is -2.74. The largest absolute Gasteiger partial charge is 0.342 e. The van der Waals surface area contributed by atoms with Crippen molar-refractivity contribution in [3.05, 3.63) is 105 Å². The van der Waals surface area contributed by atoms with Gasteiger partial charge in [0, 0.05) is 33.7 Å². The van der Waals surface area contributed by atoms with Gasteiger partial charge in [-0.3, -0.25) is 9.69 Å². The van der Waals surface area contributed by atoms with Crippen LogP contribution in [0.3, 0.4) is 0 Å². The van der Waals surface area contributed by atoms with Crippen molar-refractivity contribution in [3.8, 4) is 0 Å². The number of thioether (sulfide) groups is 1. The van der Waals surface area contributed by atoms with Crippen LogP contribution in [0.2, 0.25) is 0 Å². The van der Waals surface area contributed by atoms with E-state index in [9.17, 15) is 9.18 Å². The number of para-hydroxylation sites is 1. The molecule has 2 heterocycles. The van der Waals surface area contributed by atoms with Crippen LogP contribution in [0.4, 0.5) is 10.1 Å². The summed E-state index contributed by atoms with van der Waals surface area (Å²) < 4.78 is 16.9. The molecule has 32 heavy (non-hydrogen) atoms. The first kappa shape index (κ1) is 21.1. The summed E-state index contributed by atoms with van der Waals surface area (Å²) in [4.78, 5) is 15.3. The molecule has 0 radical (unpaired) electrons. The minimum Gasteiger partial charge on any atom is -0.342 e. The molecule has 3 aromatic carbocycles. The molecule has 0 spiro atoms. The Labute approximate surface area is 202 Å². The Kier molecular flexibility index (Phi) is 5.71. The van der Waals surface area contributed by atoms with Gasteiger partial charge < -0.3 is 4.57 Å². The first-order chi connectivity index (χ1) is 15.5. The van der Waals surface area contributed by atoms with Gasteiger partial charge in [0.15, 0.2) is 4.32 Å². The second-order valence-corrected chi connectivity index (χ2v) is 9.94. The van der Waals surface area contributed by atoms with E-state index in [0.717, 1.165) is 32.2 Å². The monoisotopic (exact) mass is 522 g/mol. The average molecular weight is 523 g/mol. The fourth-order valence-corrected chi connectivity index (χ4v) is 5.39. The Morgan fingerprint density at radius 3 is 2.53 bits per heavy atom. The molecule has 0 aliphatic carbocycles. The van der Waals surface area contributed by atoms with E-state index < -0.39 is 0 Å². The zero-order valence-electron chi connectivity index (χ0n) is 16.7. The first-order valence-corrected chi connectivity index (χ1v) is 11.9. The zero-order chi connectivity index (χ0) is 22.2. The van der Waals surface area contributed by atoms with Gasteiger partial charge in [0.25, 0.3) is 5.91 Å². The SMILES string of the molecule is O=C1/C(=C/c2cn(Cc3ccc(F)cc3)c3ccc(Br)cc23)SC(=S)N1c1ccccc1. The molecule has 4 aromatic rings. The lowest BCUT2D eigenvalue weighted by Gasteiger charge is -2.13. The lowest BCUT2D eigenvalue weighted by atomic mass is 10.1. The third-order valence-electron chi connectivity index (χ3n) is 5.23. The topological polar surface area (TPSA) is 25.2 Å². The van der Waals surface area contributed by atoms with Crippen LogP contribution in [0.1, 0.15) is 11.1 Å². The molecule has 0 unspecified atom stereocenters. The number of thiocarbonyl (C=S) groups is 1. The molecule has 5 rings (SSSR count). The van der Waals surface area contributed by atoms with E-state index in [1.165, 1.54) is 23.9 Å². The Bertz CT molecular complexity index is 1380. The number of carbonyl (C=O) groups is 1. The summed E-state index contributed by atoms with van der Waals surface area (Å²) >= 11 is 10.4. The number of hydrogen-bond donors (Lipinski definition) is 0. The number of benzene rings is 3. The second kappa shape index (κ2) is 8.65. The molecular formula is C25H16BrFN2OS2. The molecule has 3 nitrogen and oxygen atoms in total. The van der Waals surface area contributed by atoms with Crippen LogP contribution in [-0.2, 0) is 11.3 Å².